The van der Waals surface area contributed by atoms with Crippen molar-refractivity contribution in [3.63, 3.8) is 0 Å². The zero-order valence-electron chi connectivity index (χ0n) is 13.1. The molecule has 0 saturated carbocycles. The molecule has 1 unspecified atom stereocenters. The van der Waals surface area contributed by atoms with Crippen molar-refractivity contribution in [3.05, 3.63) is 17.7 Å². The van der Waals surface area contributed by atoms with E-state index in [1.165, 1.54) is 6.42 Å². The molecule has 0 heterocycles. The first-order valence-electron chi connectivity index (χ1n) is 7.25. The monoisotopic (exact) mass is 281 g/mol. The van der Waals surface area contributed by atoms with Gasteiger partial charge in [0.05, 0.1) is 20.8 Å². The van der Waals surface area contributed by atoms with Gasteiger partial charge in [0.1, 0.15) is 0 Å². The Morgan fingerprint density at radius 1 is 1.10 bits per heavy atom. The summed E-state index contributed by atoms with van der Waals surface area (Å²) >= 11 is 0. The summed E-state index contributed by atoms with van der Waals surface area (Å²) in [5.74, 6) is 2.09. The fourth-order valence-corrected chi connectivity index (χ4v) is 2.09. The van der Waals surface area contributed by atoms with Crippen LogP contribution in [0, 0.1) is 0 Å². The molecule has 4 heteroatoms. The van der Waals surface area contributed by atoms with Gasteiger partial charge in [-0.05, 0) is 37.5 Å². The molecular formula is C16H27NO3. The second-order valence-electron chi connectivity index (χ2n) is 5.07. The zero-order chi connectivity index (χ0) is 15.0. The van der Waals surface area contributed by atoms with Crippen LogP contribution in [0.5, 0.6) is 17.2 Å². The second kappa shape index (κ2) is 8.69. The molecule has 1 aromatic rings. The van der Waals surface area contributed by atoms with E-state index in [1.54, 1.807) is 14.2 Å². The minimum absolute atomic E-state index is 0.0979. The summed E-state index contributed by atoms with van der Waals surface area (Å²) in [5, 5.41) is 0. The van der Waals surface area contributed by atoms with Crippen LogP contribution in [0.4, 0.5) is 0 Å². The van der Waals surface area contributed by atoms with Gasteiger partial charge in [0, 0.05) is 6.04 Å². The summed E-state index contributed by atoms with van der Waals surface area (Å²) in [4.78, 5) is 0. The quantitative estimate of drug-likeness (QED) is 0.706. The standard InChI is InChI=1S/C16H27NO3/c1-5-6-7-8-20-16-14(18-3)10-13(9-12(2)17)11-15(16)19-4/h10-12H,5-9,17H2,1-4H3. The fourth-order valence-electron chi connectivity index (χ4n) is 2.09. The van der Waals surface area contributed by atoms with Gasteiger partial charge in [0.15, 0.2) is 11.5 Å². The average molecular weight is 281 g/mol. The molecule has 114 valence electrons. The third kappa shape index (κ3) is 4.93. The van der Waals surface area contributed by atoms with Gasteiger partial charge in [-0.15, -0.1) is 0 Å². The van der Waals surface area contributed by atoms with Crippen molar-refractivity contribution in [2.45, 2.75) is 45.6 Å². The number of hydrogen-bond donors (Lipinski definition) is 1. The molecule has 0 aliphatic rings. The Balaban J connectivity index is 2.90. The molecule has 1 rings (SSSR count). The number of hydrogen-bond acceptors (Lipinski definition) is 4. The van der Waals surface area contributed by atoms with Gasteiger partial charge in [-0.2, -0.15) is 0 Å². The number of rotatable bonds is 9. The van der Waals surface area contributed by atoms with Crippen molar-refractivity contribution < 1.29 is 14.2 Å². The Morgan fingerprint density at radius 3 is 2.15 bits per heavy atom. The summed E-state index contributed by atoms with van der Waals surface area (Å²) in [7, 11) is 3.28. The number of benzene rings is 1. The maximum atomic E-state index is 5.85. The SMILES string of the molecule is CCCCCOc1c(OC)cc(CC(C)N)cc1OC. The number of unbranched alkanes of at least 4 members (excludes halogenated alkanes) is 2. The Kier molecular flexibility index (Phi) is 7.23. The highest BCUT2D eigenvalue weighted by Gasteiger charge is 2.14. The lowest BCUT2D eigenvalue weighted by Crippen LogP contribution is -2.17. The van der Waals surface area contributed by atoms with Crippen molar-refractivity contribution in [1.82, 2.24) is 0 Å². The Hall–Kier alpha value is -1.42. The Morgan fingerprint density at radius 2 is 1.70 bits per heavy atom. The van der Waals surface area contributed by atoms with E-state index in [9.17, 15) is 0 Å². The third-order valence-corrected chi connectivity index (χ3v) is 3.07. The molecule has 0 saturated heterocycles. The van der Waals surface area contributed by atoms with Gasteiger partial charge >= 0.3 is 0 Å². The van der Waals surface area contributed by atoms with E-state index < -0.39 is 0 Å². The predicted molar refractivity (Wildman–Crippen MR) is 81.9 cm³/mol. The molecule has 1 atom stereocenters. The summed E-state index contributed by atoms with van der Waals surface area (Å²) in [6.45, 7) is 4.82. The van der Waals surface area contributed by atoms with Crippen LogP contribution in [0.15, 0.2) is 12.1 Å². The van der Waals surface area contributed by atoms with Crippen LogP contribution < -0.4 is 19.9 Å². The number of ether oxygens (including phenoxy) is 3. The maximum Gasteiger partial charge on any atom is 0.203 e. The van der Waals surface area contributed by atoms with Crippen molar-refractivity contribution >= 4 is 0 Å². The number of nitrogens with two attached hydrogens (primary N) is 1. The molecule has 0 spiro atoms. The second-order valence-corrected chi connectivity index (χ2v) is 5.07. The van der Waals surface area contributed by atoms with Crippen LogP contribution in [0.2, 0.25) is 0 Å². The van der Waals surface area contributed by atoms with Crippen molar-refractivity contribution in [3.8, 4) is 17.2 Å². The Bertz CT molecular complexity index is 380. The van der Waals surface area contributed by atoms with E-state index in [2.05, 4.69) is 6.92 Å². The smallest absolute Gasteiger partial charge is 0.203 e. The predicted octanol–water partition coefficient (Wildman–Crippen LogP) is 3.16. The molecule has 0 fully saturated rings. The van der Waals surface area contributed by atoms with E-state index in [4.69, 9.17) is 19.9 Å². The highest BCUT2D eigenvalue weighted by molar-refractivity contribution is 5.54. The van der Waals surface area contributed by atoms with Crippen LogP contribution in [0.3, 0.4) is 0 Å². The van der Waals surface area contributed by atoms with Gasteiger partial charge < -0.3 is 19.9 Å². The first-order valence-corrected chi connectivity index (χ1v) is 7.25. The van der Waals surface area contributed by atoms with Gasteiger partial charge in [0.25, 0.3) is 0 Å². The fraction of sp³-hybridized carbons (Fsp3) is 0.625. The van der Waals surface area contributed by atoms with Crippen LogP contribution in [-0.4, -0.2) is 26.9 Å². The molecule has 0 aliphatic heterocycles. The number of methoxy groups -OCH3 is 2. The normalized spacial score (nSPS) is 12.1. The molecule has 0 radical (unpaired) electrons. The van der Waals surface area contributed by atoms with Crippen molar-refractivity contribution in [1.29, 1.82) is 0 Å². The van der Waals surface area contributed by atoms with E-state index >= 15 is 0 Å². The summed E-state index contributed by atoms with van der Waals surface area (Å²) in [6, 6.07) is 4.04. The molecule has 4 nitrogen and oxygen atoms in total. The topological polar surface area (TPSA) is 53.7 Å². The largest absolute Gasteiger partial charge is 0.493 e. The lowest BCUT2D eigenvalue weighted by molar-refractivity contribution is 0.268. The van der Waals surface area contributed by atoms with Crippen molar-refractivity contribution in [2.75, 3.05) is 20.8 Å². The van der Waals surface area contributed by atoms with Crippen LogP contribution in [0.1, 0.15) is 38.7 Å². The van der Waals surface area contributed by atoms with E-state index in [1.807, 2.05) is 19.1 Å². The maximum absolute atomic E-state index is 5.85. The molecule has 0 bridgehead atoms. The molecule has 0 amide bonds. The molecule has 1 aromatic carbocycles. The van der Waals surface area contributed by atoms with Crippen LogP contribution in [0.25, 0.3) is 0 Å². The Labute approximate surface area is 122 Å². The lowest BCUT2D eigenvalue weighted by atomic mass is 10.1. The average Bonchev–Trinajstić information content (AvgIpc) is 2.43. The molecular weight excluding hydrogens is 254 g/mol. The van der Waals surface area contributed by atoms with Crippen LogP contribution >= 0.6 is 0 Å². The molecule has 2 N–H and O–H groups in total. The highest BCUT2D eigenvalue weighted by Crippen LogP contribution is 2.39. The van der Waals surface area contributed by atoms with Crippen molar-refractivity contribution in [2.24, 2.45) is 5.73 Å². The van der Waals surface area contributed by atoms with Gasteiger partial charge in [-0.3, -0.25) is 0 Å². The minimum atomic E-state index is 0.0979. The van der Waals surface area contributed by atoms with Gasteiger partial charge in [0.2, 0.25) is 5.75 Å². The summed E-state index contributed by atoms with van der Waals surface area (Å²) < 4.78 is 16.7. The summed E-state index contributed by atoms with van der Waals surface area (Å²) in [5.41, 5.74) is 6.94. The summed E-state index contributed by atoms with van der Waals surface area (Å²) in [6.07, 6.45) is 4.14. The van der Waals surface area contributed by atoms with Crippen LogP contribution in [-0.2, 0) is 6.42 Å². The van der Waals surface area contributed by atoms with E-state index in [-0.39, 0.29) is 6.04 Å². The first kappa shape index (κ1) is 16.6. The van der Waals surface area contributed by atoms with E-state index in [0.29, 0.717) is 23.9 Å². The molecule has 0 aromatic heterocycles. The van der Waals surface area contributed by atoms with Gasteiger partial charge in [-0.1, -0.05) is 19.8 Å². The van der Waals surface area contributed by atoms with E-state index in [0.717, 1.165) is 24.8 Å². The highest BCUT2D eigenvalue weighted by atomic mass is 16.5. The first-order chi connectivity index (χ1) is 9.62. The van der Waals surface area contributed by atoms with Gasteiger partial charge in [-0.25, -0.2) is 0 Å². The zero-order valence-corrected chi connectivity index (χ0v) is 13.1. The third-order valence-electron chi connectivity index (χ3n) is 3.07. The minimum Gasteiger partial charge on any atom is -0.493 e. The molecule has 20 heavy (non-hydrogen) atoms. The lowest BCUT2D eigenvalue weighted by Gasteiger charge is -2.16. The molecule has 0 aliphatic carbocycles.